The van der Waals surface area contributed by atoms with Gasteiger partial charge in [0.1, 0.15) is 0 Å². The highest BCUT2D eigenvalue weighted by atomic mass is 16.2. The summed E-state index contributed by atoms with van der Waals surface area (Å²) in [5, 5.41) is 0. The normalized spacial score (nSPS) is 23.2. The molecule has 1 unspecified atom stereocenters. The summed E-state index contributed by atoms with van der Waals surface area (Å²) in [5.74, 6) is 0.153. The van der Waals surface area contributed by atoms with E-state index in [1.165, 1.54) is 11.1 Å². The molecular weight excluding hydrogens is 186 g/mol. The Balaban J connectivity index is 2.25. The lowest BCUT2D eigenvalue weighted by Gasteiger charge is -2.28. The second kappa shape index (κ2) is 4.05. The number of hydrogen-bond acceptors (Lipinski definition) is 1. The van der Waals surface area contributed by atoms with E-state index in [2.05, 4.69) is 24.3 Å². The van der Waals surface area contributed by atoms with Gasteiger partial charge in [-0.3, -0.25) is 4.79 Å². The second-order valence-electron chi connectivity index (χ2n) is 4.01. The number of allylic oxidation sites excluding steroid dienone is 3. The van der Waals surface area contributed by atoms with Crippen molar-refractivity contribution in [3.63, 3.8) is 0 Å². The van der Waals surface area contributed by atoms with Crippen molar-refractivity contribution in [2.45, 2.75) is 32.7 Å². The van der Waals surface area contributed by atoms with Crippen molar-refractivity contribution in [2.24, 2.45) is 0 Å². The van der Waals surface area contributed by atoms with Crippen LogP contribution in [-0.2, 0) is 4.79 Å². The minimum Gasteiger partial charge on any atom is -0.333 e. The molecule has 0 saturated carbocycles. The van der Waals surface area contributed by atoms with Crippen LogP contribution < -0.4 is 0 Å². The van der Waals surface area contributed by atoms with E-state index in [9.17, 15) is 4.79 Å². The average Bonchev–Trinajstić information content (AvgIpc) is 2.63. The summed E-state index contributed by atoms with van der Waals surface area (Å²) in [7, 11) is 0. The van der Waals surface area contributed by atoms with Gasteiger partial charge in [0.25, 0.3) is 0 Å². The highest BCUT2D eigenvalue weighted by Crippen LogP contribution is 2.31. The minimum absolute atomic E-state index is 0.153. The molecule has 2 nitrogen and oxygen atoms in total. The topological polar surface area (TPSA) is 20.3 Å². The van der Waals surface area contributed by atoms with Gasteiger partial charge in [0.15, 0.2) is 0 Å². The molecule has 0 aromatic carbocycles. The van der Waals surface area contributed by atoms with Crippen LogP contribution in [0.1, 0.15) is 26.7 Å². The number of hydrogen-bond donors (Lipinski definition) is 0. The molecule has 2 rings (SSSR count). The molecule has 0 aliphatic heterocycles. The zero-order valence-corrected chi connectivity index (χ0v) is 9.36. The summed E-state index contributed by atoms with van der Waals surface area (Å²) < 4.78 is 0. The van der Waals surface area contributed by atoms with Crippen molar-refractivity contribution in [1.82, 2.24) is 4.90 Å². The Morgan fingerprint density at radius 2 is 2.20 bits per heavy atom. The van der Waals surface area contributed by atoms with Crippen LogP contribution in [0.15, 0.2) is 35.5 Å². The lowest BCUT2D eigenvalue weighted by Crippen LogP contribution is -2.37. The Labute approximate surface area is 91.0 Å². The highest BCUT2D eigenvalue weighted by Gasteiger charge is 2.27. The number of fused-ring (bicyclic) bond motifs is 1. The number of carbonyl (C=O) groups excluding carboxylic acids is 1. The summed E-state index contributed by atoms with van der Waals surface area (Å²) >= 11 is 0. The number of amides is 1. The summed E-state index contributed by atoms with van der Waals surface area (Å²) in [4.78, 5) is 13.4. The fraction of sp³-hybridized carbons (Fsp3) is 0.462. The molecule has 2 aliphatic rings. The first-order valence-corrected chi connectivity index (χ1v) is 5.60. The number of nitrogens with zero attached hydrogens (tertiary/aromatic N) is 1. The summed E-state index contributed by atoms with van der Waals surface area (Å²) in [6, 6.07) is 0.180. The smallest absolute Gasteiger partial charge is 0.220 e. The van der Waals surface area contributed by atoms with E-state index in [4.69, 9.17) is 0 Å². The van der Waals surface area contributed by atoms with E-state index in [1.807, 2.05) is 11.8 Å². The van der Waals surface area contributed by atoms with Crippen molar-refractivity contribution >= 4 is 5.91 Å². The fourth-order valence-corrected chi connectivity index (χ4v) is 2.35. The molecule has 1 atom stereocenters. The first kappa shape index (κ1) is 10.2. The minimum atomic E-state index is 0.153. The SMILES string of the molecule is CCN(C(C)=O)C1C=CC2=CCCC=C21. The molecule has 0 aromatic rings. The van der Waals surface area contributed by atoms with E-state index in [0.717, 1.165) is 19.4 Å². The highest BCUT2D eigenvalue weighted by molar-refractivity contribution is 5.75. The Morgan fingerprint density at radius 1 is 1.47 bits per heavy atom. The van der Waals surface area contributed by atoms with Crippen LogP contribution in [0, 0.1) is 0 Å². The lowest BCUT2D eigenvalue weighted by molar-refractivity contribution is -0.129. The first-order valence-electron chi connectivity index (χ1n) is 5.60. The van der Waals surface area contributed by atoms with Gasteiger partial charge in [-0.05, 0) is 30.9 Å². The van der Waals surface area contributed by atoms with Crippen LogP contribution in [0.25, 0.3) is 0 Å². The average molecular weight is 203 g/mol. The Hall–Kier alpha value is -1.31. The third-order valence-electron chi connectivity index (χ3n) is 3.09. The maximum atomic E-state index is 11.5. The fourth-order valence-electron chi connectivity index (χ4n) is 2.35. The molecule has 15 heavy (non-hydrogen) atoms. The molecule has 0 heterocycles. The predicted octanol–water partition coefficient (Wildman–Crippen LogP) is 2.44. The summed E-state index contributed by atoms with van der Waals surface area (Å²) in [6.45, 7) is 4.44. The van der Waals surface area contributed by atoms with Gasteiger partial charge < -0.3 is 4.90 Å². The Kier molecular flexibility index (Phi) is 2.76. The molecule has 0 fully saturated rings. The quantitative estimate of drug-likeness (QED) is 0.675. The Morgan fingerprint density at radius 3 is 2.87 bits per heavy atom. The Bertz CT molecular complexity index is 363. The van der Waals surface area contributed by atoms with Gasteiger partial charge in [-0.25, -0.2) is 0 Å². The largest absolute Gasteiger partial charge is 0.333 e. The zero-order chi connectivity index (χ0) is 10.8. The van der Waals surface area contributed by atoms with Gasteiger partial charge in [-0.1, -0.05) is 24.3 Å². The van der Waals surface area contributed by atoms with E-state index in [1.54, 1.807) is 6.92 Å². The zero-order valence-electron chi connectivity index (χ0n) is 9.36. The van der Waals surface area contributed by atoms with Crippen molar-refractivity contribution in [3.05, 3.63) is 35.5 Å². The molecule has 0 radical (unpaired) electrons. The van der Waals surface area contributed by atoms with E-state index >= 15 is 0 Å². The molecule has 0 saturated heterocycles. The molecule has 2 heteroatoms. The molecule has 1 amide bonds. The first-order chi connectivity index (χ1) is 7.24. The second-order valence-corrected chi connectivity index (χ2v) is 4.01. The van der Waals surface area contributed by atoms with Crippen molar-refractivity contribution in [3.8, 4) is 0 Å². The van der Waals surface area contributed by atoms with Gasteiger partial charge in [-0.2, -0.15) is 0 Å². The summed E-state index contributed by atoms with van der Waals surface area (Å²) in [6.07, 6.45) is 11.0. The van der Waals surface area contributed by atoms with Gasteiger partial charge in [0, 0.05) is 13.5 Å². The summed E-state index contributed by atoms with van der Waals surface area (Å²) in [5.41, 5.74) is 2.63. The third-order valence-corrected chi connectivity index (χ3v) is 3.09. The van der Waals surface area contributed by atoms with Crippen LogP contribution in [-0.4, -0.2) is 23.4 Å². The van der Waals surface area contributed by atoms with Crippen LogP contribution in [0.4, 0.5) is 0 Å². The molecular formula is C13H17NO. The lowest BCUT2D eigenvalue weighted by atomic mass is 9.97. The van der Waals surface area contributed by atoms with E-state index in [-0.39, 0.29) is 11.9 Å². The molecule has 2 aliphatic carbocycles. The van der Waals surface area contributed by atoms with Gasteiger partial charge in [-0.15, -0.1) is 0 Å². The number of likely N-dealkylation sites (N-methyl/N-ethyl adjacent to an activating group) is 1. The standard InChI is InChI=1S/C13H17NO/c1-3-14(10(2)15)13-9-8-11-6-4-5-7-12(11)13/h6-9,13H,3-5H2,1-2H3. The van der Waals surface area contributed by atoms with Crippen LogP contribution >= 0.6 is 0 Å². The molecule has 0 aromatic heterocycles. The monoisotopic (exact) mass is 203 g/mol. The van der Waals surface area contributed by atoms with Crippen molar-refractivity contribution < 1.29 is 4.79 Å². The van der Waals surface area contributed by atoms with Crippen molar-refractivity contribution in [2.75, 3.05) is 6.54 Å². The number of carbonyl (C=O) groups is 1. The van der Waals surface area contributed by atoms with Crippen LogP contribution in [0.2, 0.25) is 0 Å². The van der Waals surface area contributed by atoms with E-state index in [0.29, 0.717) is 0 Å². The maximum absolute atomic E-state index is 11.5. The molecule has 0 N–H and O–H groups in total. The predicted molar refractivity (Wildman–Crippen MR) is 61.4 cm³/mol. The third kappa shape index (κ3) is 1.76. The van der Waals surface area contributed by atoms with Gasteiger partial charge in [0.05, 0.1) is 6.04 Å². The van der Waals surface area contributed by atoms with Gasteiger partial charge in [0.2, 0.25) is 5.91 Å². The van der Waals surface area contributed by atoms with Gasteiger partial charge >= 0.3 is 0 Å². The van der Waals surface area contributed by atoms with Crippen molar-refractivity contribution in [1.29, 1.82) is 0 Å². The molecule has 0 spiro atoms. The molecule has 80 valence electrons. The maximum Gasteiger partial charge on any atom is 0.220 e. The molecule has 0 bridgehead atoms. The number of rotatable bonds is 2. The van der Waals surface area contributed by atoms with E-state index < -0.39 is 0 Å². The van der Waals surface area contributed by atoms with Crippen LogP contribution in [0.5, 0.6) is 0 Å². The van der Waals surface area contributed by atoms with Crippen LogP contribution in [0.3, 0.4) is 0 Å².